The Labute approximate surface area is 100 Å². The van der Waals surface area contributed by atoms with Gasteiger partial charge in [0.1, 0.15) is 0 Å². The molecule has 1 nitrogen and oxygen atoms in total. The van der Waals surface area contributed by atoms with E-state index in [9.17, 15) is 0 Å². The highest BCUT2D eigenvalue weighted by molar-refractivity contribution is 7.16. The van der Waals surface area contributed by atoms with Gasteiger partial charge in [-0.05, 0) is 37.8 Å². The fraction of sp³-hybridized carbons (Fsp3) is 0.500. The summed E-state index contributed by atoms with van der Waals surface area (Å²) in [6.45, 7) is 5.97. The highest BCUT2D eigenvalue weighted by Crippen LogP contribution is 2.39. The van der Waals surface area contributed by atoms with E-state index in [-0.39, 0.29) is 0 Å². The summed E-state index contributed by atoms with van der Waals surface area (Å²) in [4.78, 5) is 1.46. The van der Waals surface area contributed by atoms with Gasteiger partial charge in [0.2, 0.25) is 0 Å². The van der Waals surface area contributed by atoms with Crippen molar-refractivity contribution in [1.29, 1.82) is 0 Å². The Hall–Kier alpha value is -0.310. The van der Waals surface area contributed by atoms with E-state index in [4.69, 9.17) is 11.6 Å². The molecule has 1 aromatic rings. The Balaban J connectivity index is 2.03. The minimum Gasteiger partial charge on any atom is -0.307 e. The quantitative estimate of drug-likeness (QED) is 0.788. The van der Waals surface area contributed by atoms with Crippen LogP contribution in [0.1, 0.15) is 36.2 Å². The lowest BCUT2D eigenvalue weighted by Crippen LogP contribution is -2.28. The molecule has 2 atom stereocenters. The van der Waals surface area contributed by atoms with Crippen LogP contribution in [0.15, 0.2) is 18.7 Å². The molecule has 15 heavy (non-hydrogen) atoms. The second kappa shape index (κ2) is 4.69. The minimum atomic E-state index is 0.497. The van der Waals surface area contributed by atoms with E-state index >= 15 is 0 Å². The largest absolute Gasteiger partial charge is 0.307 e. The lowest BCUT2D eigenvalue weighted by atomic mass is 10.1. The zero-order valence-corrected chi connectivity index (χ0v) is 10.5. The van der Waals surface area contributed by atoms with Crippen LogP contribution < -0.4 is 5.32 Å². The summed E-state index contributed by atoms with van der Waals surface area (Å²) < 4.78 is 0.919. The fourth-order valence-electron chi connectivity index (χ4n) is 2.16. The number of fused-ring (bicyclic) bond motifs is 1. The van der Waals surface area contributed by atoms with E-state index in [2.05, 4.69) is 24.9 Å². The average molecular weight is 242 g/mol. The fourth-order valence-corrected chi connectivity index (χ4v) is 3.52. The van der Waals surface area contributed by atoms with Gasteiger partial charge in [-0.2, -0.15) is 0 Å². The molecule has 2 rings (SSSR count). The predicted octanol–water partition coefficient (Wildman–Crippen LogP) is 3.94. The topological polar surface area (TPSA) is 12.0 Å². The first-order valence-corrected chi connectivity index (χ1v) is 6.55. The highest BCUT2D eigenvalue weighted by atomic mass is 35.5. The number of thiophene rings is 1. The summed E-state index contributed by atoms with van der Waals surface area (Å²) in [5.74, 6) is 0. The van der Waals surface area contributed by atoms with Crippen LogP contribution in [0.3, 0.4) is 0 Å². The second-order valence-corrected chi connectivity index (χ2v) is 5.88. The van der Waals surface area contributed by atoms with Crippen LogP contribution in [0.4, 0.5) is 0 Å². The molecular formula is C12H16ClNS. The zero-order valence-electron chi connectivity index (χ0n) is 8.92. The van der Waals surface area contributed by atoms with E-state index < -0.39 is 0 Å². The molecule has 2 unspecified atom stereocenters. The Bertz CT molecular complexity index is 359. The number of rotatable bonds is 4. The van der Waals surface area contributed by atoms with E-state index in [1.54, 1.807) is 11.3 Å². The lowest BCUT2D eigenvalue weighted by molar-refractivity contribution is 0.456. The van der Waals surface area contributed by atoms with Gasteiger partial charge in [0.25, 0.3) is 0 Å². The van der Waals surface area contributed by atoms with Gasteiger partial charge >= 0.3 is 0 Å². The Morgan fingerprint density at radius 2 is 2.60 bits per heavy atom. The van der Waals surface area contributed by atoms with Gasteiger partial charge in [-0.25, -0.2) is 0 Å². The normalized spacial score (nSPS) is 21.3. The second-order valence-electron chi connectivity index (χ2n) is 4.11. The van der Waals surface area contributed by atoms with Gasteiger partial charge in [-0.1, -0.05) is 17.7 Å². The van der Waals surface area contributed by atoms with E-state index in [0.29, 0.717) is 12.1 Å². The van der Waals surface area contributed by atoms with Crippen molar-refractivity contribution >= 4 is 22.9 Å². The van der Waals surface area contributed by atoms with Crippen molar-refractivity contribution in [2.45, 2.75) is 38.3 Å². The molecule has 0 radical (unpaired) electrons. The Kier molecular flexibility index (Phi) is 3.49. The molecule has 0 bridgehead atoms. The van der Waals surface area contributed by atoms with Crippen LogP contribution in [0.2, 0.25) is 4.34 Å². The van der Waals surface area contributed by atoms with Crippen LogP contribution in [-0.2, 0) is 6.42 Å². The first kappa shape index (κ1) is 11.2. The number of hydrogen-bond acceptors (Lipinski definition) is 2. The van der Waals surface area contributed by atoms with Gasteiger partial charge in [0.15, 0.2) is 0 Å². The number of hydrogen-bond donors (Lipinski definition) is 1. The molecule has 0 fully saturated rings. The molecule has 1 aliphatic carbocycles. The van der Waals surface area contributed by atoms with Gasteiger partial charge < -0.3 is 5.32 Å². The molecule has 1 heterocycles. The van der Waals surface area contributed by atoms with Crippen LogP contribution in [0.5, 0.6) is 0 Å². The summed E-state index contributed by atoms with van der Waals surface area (Å²) in [6, 6.07) is 3.11. The van der Waals surface area contributed by atoms with E-state index in [1.807, 2.05) is 6.08 Å². The molecule has 0 aromatic carbocycles. The van der Waals surface area contributed by atoms with Gasteiger partial charge in [0.05, 0.1) is 4.34 Å². The molecular weight excluding hydrogens is 226 g/mol. The molecule has 82 valence electrons. The van der Waals surface area contributed by atoms with Crippen molar-refractivity contribution in [1.82, 2.24) is 5.32 Å². The molecule has 1 aliphatic rings. The monoisotopic (exact) mass is 241 g/mol. The molecule has 1 N–H and O–H groups in total. The average Bonchev–Trinajstić information content (AvgIpc) is 2.67. The predicted molar refractivity (Wildman–Crippen MR) is 67.8 cm³/mol. The van der Waals surface area contributed by atoms with Gasteiger partial charge in [-0.15, -0.1) is 17.9 Å². The molecule has 3 heteroatoms. The number of halogens is 1. The molecule has 1 aromatic heterocycles. The summed E-state index contributed by atoms with van der Waals surface area (Å²) in [5.41, 5.74) is 1.42. The van der Waals surface area contributed by atoms with Crippen molar-refractivity contribution in [3.8, 4) is 0 Å². The van der Waals surface area contributed by atoms with Gasteiger partial charge in [0, 0.05) is 17.0 Å². The number of aryl methyl sites for hydroxylation is 1. The standard InChI is InChI=1S/C12H16ClNS/c1-3-4-8(2)14-10-5-6-11-9(10)7-12(13)15-11/h3,7-8,10,14H,1,4-6H2,2H3. The highest BCUT2D eigenvalue weighted by Gasteiger charge is 2.25. The maximum absolute atomic E-state index is 6.02. The van der Waals surface area contributed by atoms with Crippen LogP contribution in [-0.4, -0.2) is 6.04 Å². The lowest BCUT2D eigenvalue weighted by Gasteiger charge is -2.18. The first-order valence-electron chi connectivity index (χ1n) is 5.35. The van der Waals surface area contributed by atoms with Crippen molar-refractivity contribution in [2.75, 3.05) is 0 Å². The third-order valence-electron chi connectivity index (χ3n) is 2.85. The van der Waals surface area contributed by atoms with Crippen LogP contribution >= 0.6 is 22.9 Å². The molecule has 0 spiro atoms. The Morgan fingerprint density at radius 3 is 3.33 bits per heavy atom. The molecule has 0 saturated heterocycles. The maximum Gasteiger partial charge on any atom is 0.0934 e. The summed E-state index contributed by atoms with van der Waals surface area (Å²) in [5, 5.41) is 3.63. The third kappa shape index (κ3) is 2.44. The smallest absolute Gasteiger partial charge is 0.0934 e. The van der Waals surface area contributed by atoms with E-state index in [0.717, 1.165) is 10.8 Å². The first-order chi connectivity index (χ1) is 7.20. The van der Waals surface area contributed by atoms with Crippen molar-refractivity contribution in [3.63, 3.8) is 0 Å². The Morgan fingerprint density at radius 1 is 1.80 bits per heavy atom. The summed E-state index contributed by atoms with van der Waals surface area (Å²) in [6.07, 6.45) is 5.36. The summed E-state index contributed by atoms with van der Waals surface area (Å²) >= 11 is 7.74. The third-order valence-corrected chi connectivity index (χ3v) is 4.19. The van der Waals surface area contributed by atoms with Crippen molar-refractivity contribution in [3.05, 3.63) is 33.5 Å². The molecule has 0 amide bonds. The SMILES string of the molecule is C=CCC(C)NC1CCc2sc(Cl)cc21. The minimum absolute atomic E-state index is 0.497. The van der Waals surface area contributed by atoms with Gasteiger partial charge in [-0.3, -0.25) is 0 Å². The van der Waals surface area contributed by atoms with Crippen LogP contribution in [0, 0.1) is 0 Å². The maximum atomic E-state index is 6.02. The van der Waals surface area contributed by atoms with Crippen molar-refractivity contribution < 1.29 is 0 Å². The molecule has 0 saturated carbocycles. The van der Waals surface area contributed by atoms with Crippen molar-refractivity contribution in [2.24, 2.45) is 0 Å². The molecule has 0 aliphatic heterocycles. The van der Waals surface area contributed by atoms with Crippen LogP contribution in [0.25, 0.3) is 0 Å². The number of nitrogens with one attached hydrogen (secondary N) is 1. The summed E-state index contributed by atoms with van der Waals surface area (Å²) in [7, 11) is 0. The van der Waals surface area contributed by atoms with E-state index in [1.165, 1.54) is 23.3 Å². The zero-order chi connectivity index (χ0) is 10.8.